The lowest BCUT2D eigenvalue weighted by Gasteiger charge is -2.14. The molecular weight excluding hydrogens is 373 g/mol. The second-order valence-electron chi connectivity index (χ2n) is 5.38. The predicted molar refractivity (Wildman–Crippen MR) is 81.4 cm³/mol. The number of hydrogen-bond acceptors (Lipinski definition) is 4. The molecule has 1 aliphatic carbocycles. The standard InChI is InChI=1S/C14H10ClF3O3S2/c1-23(20,21)13-10-9(5-14(17,18)12(10)19)11(22-13)6-2-7(15)4-8(16)3-6/h2-4,12,19H,5H2,1H3/t12-/m0/s1. The van der Waals surface area contributed by atoms with Crippen molar-refractivity contribution >= 4 is 32.8 Å². The summed E-state index contributed by atoms with van der Waals surface area (Å²) in [6.45, 7) is 0. The van der Waals surface area contributed by atoms with E-state index in [2.05, 4.69) is 0 Å². The molecule has 2 aromatic rings. The summed E-state index contributed by atoms with van der Waals surface area (Å²) in [5.41, 5.74) is -0.0662. The fraction of sp³-hybridized carbons (Fsp3) is 0.286. The number of hydrogen-bond donors (Lipinski definition) is 1. The van der Waals surface area contributed by atoms with E-state index in [-0.39, 0.29) is 30.8 Å². The average molecular weight is 383 g/mol. The van der Waals surface area contributed by atoms with Gasteiger partial charge in [0.1, 0.15) is 16.1 Å². The lowest BCUT2D eigenvalue weighted by atomic mass is 10.1. The topological polar surface area (TPSA) is 54.4 Å². The highest BCUT2D eigenvalue weighted by atomic mass is 35.5. The lowest BCUT2D eigenvalue weighted by molar-refractivity contribution is -0.0975. The van der Waals surface area contributed by atoms with Crippen molar-refractivity contribution in [3.05, 3.63) is 40.2 Å². The molecule has 0 saturated heterocycles. The van der Waals surface area contributed by atoms with Crippen molar-refractivity contribution in [2.24, 2.45) is 0 Å². The molecule has 0 aliphatic heterocycles. The van der Waals surface area contributed by atoms with Gasteiger partial charge in [0, 0.05) is 28.1 Å². The highest BCUT2D eigenvalue weighted by molar-refractivity contribution is 7.92. The molecule has 1 aromatic heterocycles. The maximum Gasteiger partial charge on any atom is 0.281 e. The zero-order valence-corrected chi connectivity index (χ0v) is 14.0. The van der Waals surface area contributed by atoms with Gasteiger partial charge in [-0.1, -0.05) is 11.6 Å². The summed E-state index contributed by atoms with van der Waals surface area (Å²) < 4.78 is 64.7. The van der Waals surface area contributed by atoms with Gasteiger partial charge in [-0.2, -0.15) is 0 Å². The van der Waals surface area contributed by atoms with E-state index in [0.717, 1.165) is 29.7 Å². The van der Waals surface area contributed by atoms with Crippen LogP contribution in [0.1, 0.15) is 17.2 Å². The number of rotatable bonds is 2. The summed E-state index contributed by atoms with van der Waals surface area (Å²) in [6.07, 6.45) is -2.12. The second-order valence-corrected chi connectivity index (χ2v) is 9.05. The van der Waals surface area contributed by atoms with Crippen molar-refractivity contribution in [2.45, 2.75) is 22.7 Å². The first kappa shape index (κ1) is 16.8. The molecule has 1 heterocycles. The molecule has 23 heavy (non-hydrogen) atoms. The number of halogens is 4. The Morgan fingerprint density at radius 2 is 2.00 bits per heavy atom. The van der Waals surface area contributed by atoms with Crippen LogP contribution >= 0.6 is 22.9 Å². The van der Waals surface area contributed by atoms with Crippen molar-refractivity contribution < 1.29 is 26.7 Å². The Morgan fingerprint density at radius 3 is 2.57 bits per heavy atom. The Hall–Kier alpha value is -1.09. The second kappa shape index (κ2) is 5.20. The monoisotopic (exact) mass is 382 g/mol. The molecule has 124 valence electrons. The fourth-order valence-corrected chi connectivity index (χ4v) is 5.43. The molecule has 9 heteroatoms. The van der Waals surface area contributed by atoms with Crippen LogP contribution in [0.5, 0.6) is 0 Å². The first-order valence-corrected chi connectivity index (χ1v) is 9.47. The number of benzene rings is 1. The minimum atomic E-state index is -3.82. The number of thiophene rings is 1. The van der Waals surface area contributed by atoms with E-state index in [1.165, 1.54) is 6.07 Å². The summed E-state index contributed by atoms with van der Waals surface area (Å²) in [5.74, 6) is -4.13. The van der Waals surface area contributed by atoms with Gasteiger partial charge >= 0.3 is 0 Å². The summed E-state index contributed by atoms with van der Waals surface area (Å²) in [6, 6.07) is 3.51. The van der Waals surface area contributed by atoms with E-state index in [1.807, 2.05) is 0 Å². The molecule has 0 radical (unpaired) electrons. The molecular formula is C14H10ClF3O3S2. The van der Waals surface area contributed by atoms with E-state index < -0.39 is 34.1 Å². The van der Waals surface area contributed by atoms with Gasteiger partial charge < -0.3 is 5.11 Å². The number of aliphatic hydroxyl groups excluding tert-OH is 1. The van der Waals surface area contributed by atoms with Crippen molar-refractivity contribution in [2.75, 3.05) is 6.26 Å². The van der Waals surface area contributed by atoms with Crippen LogP contribution < -0.4 is 0 Å². The molecule has 0 saturated carbocycles. The van der Waals surface area contributed by atoms with Gasteiger partial charge in [0.05, 0.1) is 0 Å². The first-order chi connectivity index (χ1) is 10.5. The largest absolute Gasteiger partial charge is 0.382 e. The third kappa shape index (κ3) is 2.77. The Kier molecular flexibility index (Phi) is 3.79. The van der Waals surface area contributed by atoms with Crippen LogP contribution in [0.25, 0.3) is 10.4 Å². The van der Waals surface area contributed by atoms with Gasteiger partial charge in [-0.05, 0) is 29.3 Å². The molecule has 0 spiro atoms. The van der Waals surface area contributed by atoms with Crippen LogP contribution in [0.4, 0.5) is 13.2 Å². The quantitative estimate of drug-likeness (QED) is 0.858. The Labute approximate surface area is 139 Å². The number of sulfone groups is 1. The van der Waals surface area contributed by atoms with Crippen LogP contribution in [0.2, 0.25) is 5.02 Å². The molecule has 1 aliphatic rings. The van der Waals surface area contributed by atoms with Gasteiger partial charge in [-0.25, -0.2) is 21.6 Å². The predicted octanol–water partition coefficient (Wildman–Crippen LogP) is 3.84. The van der Waals surface area contributed by atoms with Gasteiger partial charge in [0.2, 0.25) is 0 Å². The van der Waals surface area contributed by atoms with Crippen LogP contribution in [0.3, 0.4) is 0 Å². The van der Waals surface area contributed by atoms with Gasteiger partial charge in [-0.3, -0.25) is 0 Å². The highest BCUT2D eigenvalue weighted by Crippen LogP contribution is 2.53. The normalized spacial score (nSPS) is 19.8. The molecule has 3 rings (SSSR count). The molecule has 1 aromatic carbocycles. The number of fused-ring (bicyclic) bond motifs is 1. The molecule has 0 bridgehead atoms. The average Bonchev–Trinajstić information content (AvgIpc) is 2.84. The van der Waals surface area contributed by atoms with Gasteiger partial charge in [-0.15, -0.1) is 11.3 Å². The zero-order chi connectivity index (χ0) is 17.2. The summed E-state index contributed by atoms with van der Waals surface area (Å²) in [4.78, 5) is 0.179. The fourth-order valence-electron chi connectivity index (χ4n) is 2.64. The van der Waals surface area contributed by atoms with Crippen LogP contribution in [-0.4, -0.2) is 25.7 Å². The lowest BCUT2D eigenvalue weighted by Crippen LogP contribution is -2.22. The van der Waals surface area contributed by atoms with Crippen LogP contribution in [0, 0.1) is 5.82 Å². The highest BCUT2D eigenvalue weighted by Gasteiger charge is 2.51. The molecule has 3 nitrogen and oxygen atoms in total. The van der Waals surface area contributed by atoms with Gasteiger partial charge in [0.25, 0.3) is 5.92 Å². The van der Waals surface area contributed by atoms with E-state index >= 15 is 0 Å². The zero-order valence-electron chi connectivity index (χ0n) is 11.6. The van der Waals surface area contributed by atoms with Crippen molar-refractivity contribution in [1.29, 1.82) is 0 Å². The smallest absolute Gasteiger partial charge is 0.281 e. The summed E-state index contributed by atoms with van der Waals surface area (Å²) >= 11 is 6.52. The van der Waals surface area contributed by atoms with E-state index in [1.54, 1.807) is 0 Å². The summed E-state index contributed by atoms with van der Waals surface area (Å²) in [5, 5.41) is 9.88. The Morgan fingerprint density at radius 1 is 1.35 bits per heavy atom. The van der Waals surface area contributed by atoms with Crippen molar-refractivity contribution in [1.82, 2.24) is 0 Å². The minimum absolute atomic E-state index is 0.0228. The SMILES string of the molecule is CS(=O)(=O)c1sc(-c2cc(F)cc(Cl)c2)c2c1[C@H](O)C(F)(F)C2. The van der Waals surface area contributed by atoms with E-state index in [9.17, 15) is 26.7 Å². The van der Waals surface area contributed by atoms with Crippen LogP contribution in [0.15, 0.2) is 22.4 Å². The molecule has 1 atom stereocenters. The Bertz CT molecular complexity index is 886. The van der Waals surface area contributed by atoms with Gasteiger partial charge in [0.15, 0.2) is 9.84 Å². The Balaban J connectivity index is 2.31. The number of aliphatic hydroxyl groups is 1. The van der Waals surface area contributed by atoms with Crippen molar-refractivity contribution in [3.63, 3.8) is 0 Å². The summed E-state index contributed by atoms with van der Waals surface area (Å²) in [7, 11) is -3.82. The molecule has 0 amide bonds. The molecule has 1 N–H and O–H groups in total. The third-order valence-corrected chi connectivity index (χ3v) is 6.92. The number of alkyl halides is 2. The van der Waals surface area contributed by atoms with Crippen LogP contribution in [-0.2, 0) is 16.3 Å². The maximum absolute atomic E-state index is 13.8. The first-order valence-electron chi connectivity index (χ1n) is 6.38. The maximum atomic E-state index is 13.8. The van der Waals surface area contributed by atoms with E-state index in [4.69, 9.17) is 11.6 Å². The minimum Gasteiger partial charge on any atom is -0.382 e. The molecule has 0 fully saturated rings. The van der Waals surface area contributed by atoms with Crippen molar-refractivity contribution in [3.8, 4) is 10.4 Å². The molecule has 0 unspecified atom stereocenters. The van der Waals surface area contributed by atoms with E-state index in [0.29, 0.717) is 0 Å². The third-order valence-electron chi connectivity index (χ3n) is 3.56.